The summed E-state index contributed by atoms with van der Waals surface area (Å²) in [6.45, 7) is 4.04. The largest absolute Gasteiger partial charge is 0.573 e. The number of rotatable bonds is 3. The van der Waals surface area contributed by atoms with Gasteiger partial charge in [0.25, 0.3) is 0 Å². The van der Waals surface area contributed by atoms with Crippen molar-refractivity contribution < 1.29 is 17.9 Å². The van der Waals surface area contributed by atoms with E-state index in [1.807, 2.05) is 13.0 Å². The van der Waals surface area contributed by atoms with Gasteiger partial charge in [0.05, 0.1) is 0 Å². The van der Waals surface area contributed by atoms with Gasteiger partial charge < -0.3 is 4.74 Å². The summed E-state index contributed by atoms with van der Waals surface area (Å²) in [5, 5.41) is 0. The molecule has 1 fully saturated rings. The Morgan fingerprint density at radius 1 is 1.16 bits per heavy atom. The number of likely N-dealkylation sites (tertiary alicyclic amines) is 1. The fourth-order valence-corrected chi connectivity index (χ4v) is 2.49. The second-order valence-electron chi connectivity index (χ2n) is 4.89. The number of ether oxygens (including phenoxy) is 1. The Kier molecular flexibility index (Phi) is 4.34. The van der Waals surface area contributed by atoms with Crippen LogP contribution in [0.3, 0.4) is 0 Å². The minimum absolute atomic E-state index is 0.122. The van der Waals surface area contributed by atoms with Gasteiger partial charge in [0.1, 0.15) is 5.75 Å². The van der Waals surface area contributed by atoms with Gasteiger partial charge in [-0.15, -0.1) is 13.2 Å². The highest BCUT2D eigenvalue weighted by Crippen LogP contribution is 2.29. The second-order valence-corrected chi connectivity index (χ2v) is 4.89. The standard InChI is InChI=1S/C14H18F3NO/c1-11(18-8-3-2-4-9-18)12-6-5-7-13(10-12)19-14(15,16)17/h5-7,10-11H,2-4,8-9H2,1H3. The molecule has 1 saturated heterocycles. The molecule has 2 rings (SSSR count). The summed E-state index contributed by atoms with van der Waals surface area (Å²) in [7, 11) is 0. The molecule has 1 atom stereocenters. The molecule has 1 unspecified atom stereocenters. The van der Waals surface area contributed by atoms with Crippen molar-refractivity contribution in [1.29, 1.82) is 0 Å². The van der Waals surface area contributed by atoms with Crippen LogP contribution in [0.5, 0.6) is 5.75 Å². The Hall–Kier alpha value is -1.23. The van der Waals surface area contributed by atoms with Crippen LogP contribution >= 0.6 is 0 Å². The van der Waals surface area contributed by atoms with Crippen LogP contribution < -0.4 is 4.74 Å². The second kappa shape index (κ2) is 5.82. The molecule has 106 valence electrons. The minimum Gasteiger partial charge on any atom is -0.406 e. The maximum atomic E-state index is 12.2. The van der Waals surface area contributed by atoms with E-state index in [-0.39, 0.29) is 11.8 Å². The lowest BCUT2D eigenvalue weighted by atomic mass is 10.0. The van der Waals surface area contributed by atoms with Crippen LogP contribution in [0, 0.1) is 0 Å². The van der Waals surface area contributed by atoms with Crippen molar-refractivity contribution >= 4 is 0 Å². The number of halogens is 3. The summed E-state index contributed by atoms with van der Waals surface area (Å²) >= 11 is 0. The van der Waals surface area contributed by atoms with Crippen molar-refractivity contribution in [2.45, 2.75) is 38.6 Å². The molecule has 0 spiro atoms. The highest BCUT2D eigenvalue weighted by Gasteiger charge is 2.31. The molecular formula is C14H18F3NO. The molecule has 1 aliphatic rings. The van der Waals surface area contributed by atoms with Gasteiger partial charge in [-0.25, -0.2) is 0 Å². The molecular weight excluding hydrogens is 255 g/mol. The van der Waals surface area contributed by atoms with Crippen LogP contribution in [0.15, 0.2) is 24.3 Å². The summed E-state index contributed by atoms with van der Waals surface area (Å²) in [6, 6.07) is 6.39. The highest BCUT2D eigenvalue weighted by atomic mass is 19.4. The first-order valence-electron chi connectivity index (χ1n) is 6.55. The fraction of sp³-hybridized carbons (Fsp3) is 0.571. The number of piperidine rings is 1. The Morgan fingerprint density at radius 3 is 2.47 bits per heavy atom. The summed E-state index contributed by atoms with van der Waals surface area (Å²) in [6.07, 6.45) is -1.08. The van der Waals surface area contributed by atoms with Gasteiger partial charge in [-0.05, 0) is 50.6 Å². The van der Waals surface area contributed by atoms with Gasteiger partial charge in [-0.3, -0.25) is 4.90 Å². The van der Waals surface area contributed by atoms with Crippen LogP contribution in [-0.2, 0) is 0 Å². The first-order chi connectivity index (χ1) is 8.96. The molecule has 0 saturated carbocycles. The van der Waals surface area contributed by atoms with Crippen molar-refractivity contribution in [3.63, 3.8) is 0 Å². The molecule has 0 aliphatic carbocycles. The van der Waals surface area contributed by atoms with Crippen molar-refractivity contribution in [3.05, 3.63) is 29.8 Å². The number of benzene rings is 1. The minimum atomic E-state index is -4.63. The molecule has 19 heavy (non-hydrogen) atoms. The number of hydrogen-bond donors (Lipinski definition) is 0. The summed E-state index contributed by atoms with van der Waals surface area (Å²) in [4.78, 5) is 2.30. The lowest BCUT2D eigenvalue weighted by molar-refractivity contribution is -0.274. The summed E-state index contributed by atoms with van der Waals surface area (Å²) in [5.41, 5.74) is 0.864. The Balaban J connectivity index is 2.09. The SMILES string of the molecule is CC(c1cccc(OC(F)(F)F)c1)N1CCCCC1. The molecule has 0 aromatic heterocycles. The number of nitrogens with zero attached hydrogens (tertiary/aromatic N) is 1. The molecule has 1 heterocycles. The van der Waals surface area contributed by atoms with Crippen LogP contribution in [0.4, 0.5) is 13.2 Å². The van der Waals surface area contributed by atoms with Gasteiger partial charge >= 0.3 is 6.36 Å². The van der Waals surface area contributed by atoms with Crippen LogP contribution in [-0.4, -0.2) is 24.4 Å². The highest BCUT2D eigenvalue weighted by molar-refractivity contribution is 5.30. The van der Waals surface area contributed by atoms with Crippen LogP contribution in [0.25, 0.3) is 0 Å². The van der Waals surface area contributed by atoms with E-state index in [1.165, 1.54) is 18.6 Å². The summed E-state index contributed by atoms with van der Waals surface area (Å²) < 4.78 is 40.5. The van der Waals surface area contributed by atoms with Gasteiger partial charge in [-0.1, -0.05) is 18.6 Å². The van der Waals surface area contributed by atoms with Gasteiger partial charge in [0.15, 0.2) is 0 Å². The fourth-order valence-electron chi connectivity index (χ4n) is 2.49. The average molecular weight is 273 g/mol. The lowest BCUT2D eigenvalue weighted by Crippen LogP contribution is -2.32. The Bertz CT molecular complexity index is 413. The monoisotopic (exact) mass is 273 g/mol. The smallest absolute Gasteiger partial charge is 0.406 e. The Morgan fingerprint density at radius 2 is 1.84 bits per heavy atom. The van der Waals surface area contributed by atoms with Gasteiger partial charge in [0.2, 0.25) is 0 Å². The molecule has 0 N–H and O–H groups in total. The molecule has 0 amide bonds. The van der Waals surface area contributed by atoms with Crippen molar-refractivity contribution in [3.8, 4) is 5.75 Å². The topological polar surface area (TPSA) is 12.5 Å². The van der Waals surface area contributed by atoms with E-state index in [4.69, 9.17) is 0 Å². The van der Waals surface area contributed by atoms with Gasteiger partial charge in [-0.2, -0.15) is 0 Å². The molecule has 0 radical (unpaired) electrons. The molecule has 5 heteroatoms. The van der Waals surface area contributed by atoms with Gasteiger partial charge in [0, 0.05) is 6.04 Å². The quantitative estimate of drug-likeness (QED) is 0.821. The van der Waals surface area contributed by atoms with E-state index in [1.54, 1.807) is 6.07 Å². The first-order valence-corrected chi connectivity index (χ1v) is 6.55. The van der Waals surface area contributed by atoms with Crippen LogP contribution in [0.2, 0.25) is 0 Å². The molecule has 1 aromatic rings. The van der Waals surface area contributed by atoms with Crippen molar-refractivity contribution in [2.24, 2.45) is 0 Å². The number of alkyl halides is 3. The maximum absolute atomic E-state index is 12.2. The third-order valence-electron chi connectivity index (χ3n) is 3.51. The molecule has 1 aromatic carbocycles. The molecule has 2 nitrogen and oxygen atoms in total. The van der Waals surface area contributed by atoms with Crippen LogP contribution in [0.1, 0.15) is 37.8 Å². The third-order valence-corrected chi connectivity index (χ3v) is 3.51. The predicted molar refractivity (Wildman–Crippen MR) is 67.0 cm³/mol. The Labute approximate surface area is 111 Å². The lowest BCUT2D eigenvalue weighted by Gasteiger charge is -2.32. The predicted octanol–water partition coefficient (Wildman–Crippen LogP) is 4.13. The van der Waals surface area contributed by atoms with E-state index < -0.39 is 6.36 Å². The zero-order chi connectivity index (χ0) is 13.9. The zero-order valence-electron chi connectivity index (χ0n) is 10.9. The molecule has 1 aliphatic heterocycles. The average Bonchev–Trinajstić information content (AvgIpc) is 2.37. The van der Waals surface area contributed by atoms with E-state index in [0.717, 1.165) is 31.5 Å². The van der Waals surface area contributed by atoms with E-state index in [9.17, 15) is 13.2 Å². The van der Waals surface area contributed by atoms with Crippen molar-refractivity contribution in [1.82, 2.24) is 4.90 Å². The van der Waals surface area contributed by atoms with E-state index in [0.29, 0.717) is 0 Å². The first kappa shape index (κ1) is 14.2. The number of hydrogen-bond acceptors (Lipinski definition) is 2. The van der Waals surface area contributed by atoms with Crippen molar-refractivity contribution in [2.75, 3.05) is 13.1 Å². The van der Waals surface area contributed by atoms with E-state index >= 15 is 0 Å². The molecule has 0 bridgehead atoms. The third kappa shape index (κ3) is 4.13. The zero-order valence-corrected chi connectivity index (χ0v) is 10.9. The van der Waals surface area contributed by atoms with E-state index in [2.05, 4.69) is 9.64 Å². The normalized spacial score (nSPS) is 19.2. The summed E-state index contributed by atoms with van der Waals surface area (Å²) in [5.74, 6) is -0.145. The maximum Gasteiger partial charge on any atom is 0.573 e.